The van der Waals surface area contributed by atoms with Crippen molar-refractivity contribution < 1.29 is 19.1 Å². The predicted molar refractivity (Wildman–Crippen MR) is 114 cm³/mol. The molecule has 1 heterocycles. The van der Waals surface area contributed by atoms with Crippen molar-refractivity contribution in [2.24, 2.45) is 0 Å². The molecule has 1 saturated heterocycles. The van der Waals surface area contributed by atoms with Gasteiger partial charge >= 0.3 is 12.1 Å². The highest BCUT2D eigenvalue weighted by Crippen LogP contribution is 2.20. The van der Waals surface area contributed by atoms with Crippen molar-refractivity contribution in [1.29, 1.82) is 0 Å². The number of rotatable bonds is 16. The first-order valence-electron chi connectivity index (χ1n) is 11.4. The summed E-state index contributed by atoms with van der Waals surface area (Å²) in [5, 5.41) is 0. The fraction of sp³-hybridized carbons (Fsp3) is 0.909. The SMILES string of the molecule is CCCCCCCCCCCCCCOC(=O)C1CCCN1C(=O)OCCCl. The Morgan fingerprint density at radius 2 is 1.43 bits per heavy atom. The van der Waals surface area contributed by atoms with Crippen LogP contribution in [0.2, 0.25) is 0 Å². The normalized spacial score (nSPS) is 16.4. The molecule has 1 aliphatic rings. The van der Waals surface area contributed by atoms with E-state index in [2.05, 4.69) is 6.92 Å². The minimum absolute atomic E-state index is 0.164. The molecule has 164 valence electrons. The van der Waals surface area contributed by atoms with Crippen LogP contribution in [0.25, 0.3) is 0 Å². The van der Waals surface area contributed by atoms with Crippen LogP contribution >= 0.6 is 11.6 Å². The maximum atomic E-state index is 12.2. The van der Waals surface area contributed by atoms with Gasteiger partial charge in [0.15, 0.2) is 0 Å². The molecule has 0 radical (unpaired) electrons. The van der Waals surface area contributed by atoms with Gasteiger partial charge in [-0.15, -0.1) is 11.6 Å². The Balaban J connectivity index is 1.98. The van der Waals surface area contributed by atoms with Gasteiger partial charge in [0.25, 0.3) is 0 Å². The lowest BCUT2D eigenvalue weighted by Gasteiger charge is -2.22. The van der Waals surface area contributed by atoms with Gasteiger partial charge in [-0.2, -0.15) is 0 Å². The molecule has 0 aromatic carbocycles. The van der Waals surface area contributed by atoms with E-state index in [9.17, 15) is 9.59 Å². The van der Waals surface area contributed by atoms with Crippen LogP contribution in [-0.4, -0.2) is 48.6 Å². The highest BCUT2D eigenvalue weighted by atomic mass is 35.5. The lowest BCUT2D eigenvalue weighted by Crippen LogP contribution is -2.42. The molecule has 0 aliphatic carbocycles. The van der Waals surface area contributed by atoms with Crippen LogP contribution < -0.4 is 0 Å². The molecule has 0 aromatic heterocycles. The average Bonchev–Trinajstić information content (AvgIpc) is 3.19. The zero-order chi connectivity index (χ0) is 20.5. The van der Waals surface area contributed by atoms with E-state index in [1.54, 1.807) is 0 Å². The van der Waals surface area contributed by atoms with Gasteiger partial charge < -0.3 is 9.47 Å². The molecule has 0 saturated carbocycles. The largest absolute Gasteiger partial charge is 0.464 e. The van der Waals surface area contributed by atoms with Crippen LogP contribution in [0.4, 0.5) is 4.79 Å². The number of esters is 1. The van der Waals surface area contributed by atoms with Crippen LogP contribution in [-0.2, 0) is 14.3 Å². The average molecular weight is 418 g/mol. The van der Waals surface area contributed by atoms with Crippen molar-refractivity contribution >= 4 is 23.7 Å². The fourth-order valence-corrected chi connectivity index (χ4v) is 3.73. The summed E-state index contributed by atoms with van der Waals surface area (Å²) in [5.74, 6) is -0.0448. The molecule has 1 aliphatic heterocycles. The zero-order valence-corrected chi connectivity index (χ0v) is 18.5. The maximum absolute atomic E-state index is 12.2. The Morgan fingerprint density at radius 3 is 2.00 bits per heavy atom. The van der Waals surface area contributed by atoms with E-state index < -0.39 is 12.1 Å². The number of nitrogens with zero attached hydrogens (tertiary/aromatic N) is 1. The van der Waals surface area contributed by atoms with Gasteiger partial charge in [0, 0.05) is 6.54 Å². The Bertz CT molecular complexity index is 419. The van der Waals surface area contributed by atoms with Crippen LogP contribution in [0.1, 0.15) is 96.8 Å². The fourth-order valence-electron chi connectivity index (χ4n) is 3.65. The second-order valence-electron chi connectivity index (χ2n) is 7.71. The molecule has 0 spiro atoms. The van der Waals surface area contributed by atoms with Crippen molar-refractivity contribution in [2.45, 2.75) is 103 Å². The van der Waals surface area contributed by atoms with Crippen LogP contribution in [0.15, 0.2) is 0 Å². The first-order chi connectivity index (χ1) is 13.7. The number of hydrogen-bond donors (Lipinski definition) is 0. The predicted octanol–water partition coefficient (Wildman–Crippen LogP) is 6.07. The van der Waals surface area contributed by atoms with Gasteiger partial charge in [-0.25, -0.2) is 9.59 Å². The topological polar surface area (TPSA) is 55.8 Å². The number of amides is 1. The molecule has 1 unspecified atom stereocenters. The van der Waals surface area contributed by atoms with Crippen LogP contribution in [0.5, 0.6) is 0 Å². The van der Waals surface area contributed by atoms with Crippen molar-refractivity contribution in [1.82, 2.24) is 4.90 Å². The van der Waals surface area contributed by atoms with E-state index in [1.165, 1.54) is 69.1 Å². The molecule has 1 amide bonds. The summed E-state index contributed by atoms with van der Waals surface area (Å²) in [7, 11) is 0. The number of ether oxygens (including phenoxy) is 2. The quantitative estimate of drug-likeness (QED) is 0.174. The first-order valence-corrected chi connectivity index (χ1v) is 11.9. The summed E-state index contributed by atoms with van der Waals surface area (Å²) in [5.41, 5.74) is 0. The minimum atomic E-state index is -0.500. The van der Waals surface area contributed by atoms with Gasteiger partial charge in [0.05, 0.1) is 12.5 Å². The van der Waals surface area contributed by atoms with E-state index in [4.69, 9.17) is 21.1 Å². The number of unbranched alkanes of at least 4 members (excludes halogenated alkanes) is 11. The summed E-state index contributed by atoms with van der Waals surface area (Å²) in [6.07, 6.45) is 16.3. The number of alkyl halides is 1. The number of hydrogen-bond acceptors (Lipinski definition) is 4. The van der Waals surface area contributed by atoms with E-state index in [-0.39, 0.29) is 18.5 Å². The van der Waals surface area contributed by atoms with Gasteiger partial charge in [-0.1, -0.05) is 77.6 Å². The first kappa shape index (κ1) is 25.1. The number of carbonyl (C=O) groups is 2. The molecule has 1 atom stereocenters. The standard InChI is InChI=1S/C22H40ClNO4/c1-2-3-4-5-6-7-8-9-10-11-12-13-18-27-21(25)20-15-14-17-24(20)22(26)28-19-16-23/h20H,2-19H2,1H3. The third-order valence-electron chi connectivity index (χ3n) is 5.30. The van der Waals surface area contributed by atoms with E-state index in [0.29, 0.717) is 19.6 Å². The molecule has 1 rings (SSSR count). The summed E-state index contributed by atoms with van der Waals surface area (Å²) >= 11 is 5.53. The third-order valence-corrected chi connectivity index (χ3v) is 5.46. The highest BCUT2D eigenvalue weighted by Gasteiger charge is 2.36. The molecule has 0 N–H and O–H groups in total. The summed E-state index contributed by atoms with van der Waals surface area (Å²) in [6, 6.07) is -0.500. The summed E-state index contributed by atoms with van der Waals surface area (Å²) in [6.45, 7) is 3.40. The number of carbonyl (C=O) groups excluding carboxylic acids is 2. The van der Waals surface area contributed by atoms with Gasteiger partial charge in [0.1, 0.15) is 12.6 Å². The Labute approximate surface area is 176 Å². The second kappa shape index (κ2) is 16.9. The lowest BCUT2D eigenvalue weighted by molar-refractivity contribution is -0.148. The Hall–Kier alpha value is -0.970. The molecular formula is C22H40ClNO4. The van der Waals surface area contributed by atoms with Gasteiger partial charge in [-0.3, -0.25) is 4.90 Å². The third kappa shape index (κ3) is 11.1. The number of likely N-dealkylation sites (tertiary alicyclic amines) is 1. The molecule has 0 bridgehead atoms. The van der Waals surface area contributed by atoms with Gasteiger partial charge in [0.2, 0.25) is 0 Å². The maximum Gasteiger partial charge on any atom is 0.410 e. The van der Waals surface area contributed by atoms with Crippen LogP contribution in [0.3, 0.4) is 0 Å². The molecule has 28 heavy (non-hydrogen) atoms. The Kier molecular flexibility index (Phi) is 15.2. The summed E-state index contributed by atoms with van der Waals surface area (Å²) < 4.78 is 10.4. The minimum Gasteiger partial charge on any atom is -0.464 e. The molecule has 1 fully saturated rings. The van der Waals surface area contributed by atoms with Gasteiger partial charge in [-0.05, 0) is 19.3 Å². The monoisotopic (exact) mass is 417 g/mol. The Morgan fingerprint density at radius 1 is 0.857 bits per heavy atom. The van der Waals surface area contributed by atoms with Crippen molar-refractivity contribution in [2.75, 3.05) is 25.6 Å². The molecule has 0 aromatic rings. The molecular weight excluding hydrogens is 378 g/mol. The molecule has 6 heteroatoms. The summed E-state index contributed by atoms with van der Waals surface area (Å²) in [4.78, 5) is 25.7. The molecule has 5 nitrogen and oxygen atoms in total. The van der Waals surface area contributed by atoms with Crippen molar-refractivity contribution in [3.05, 3.63) is 0 Å². The smallest absolute Gasteiger partial charge is 0.410 e. The van der Waals surface area contributed by atoms with Crippen molar-refractivity contribution in [3.8, 4) is 0 Å². The van der Waals surface area contributed by atoms with Crippen LogP contribution in [0, 0.1) is 0 Å². The van der Waals surface area contributed by atoms with E-state index in [0.717, 1.165) is 19.3 Å². The van der Waals surface area contributed by atoms with E-state index >= 15 is 0 Å². The second-order valence-corrected chi connectivity index (χ2v) is 8.09. The van der Waals surface area contributed by atoms with Crippen molar-refractivity contribution in [3.63, 3.8) is 0 Å². The highest BCUT2D eigenvalue weighted by molar-refractivity contribution is 6.18. The number of halogens is 1. The zero-order valence-electron chi connectivity index (χ0n) is 17.8. The van der Waals surface area contributed by atoms with E-state index in [1.807, 2.05) is 0 Å². The lowest BCUT2D eigenvalue weighted by atomic mass is 10.1.